The smallest absolute Gasteiger partial charge is 0.337 e. The van der Waals surface area contributed by atoms with Crippen LogP contribution < -0.4 is 10.0 Å². The Morgan fingerprint density at radius 1 is 1.26 bits per heavy atom. The van der Waals surface area contributed by atoms with Crippen LogP contribution in [0.25, 0.3) is 0 Å². The number of sulfonamides is 1. The topological polar surface area (TPSA) is 87.7 Å². The summed E-state index contributed by atoms with van der Waals surface area (Å²) in [5.74, 6) is -0.483. The zero-order valence-corrected chi connectivity index (χ0v) is 19.6. The average molecular weight is 480 g/mol. The minimum absolute atomic E-state index is 0.0869. The molecule has 2 N–H and O–H groups in total. The number of carbonyl (C=O) groups is 1. The van der Waals surface area contributed by atoms with Crippen molar-refractivity contribution < 1.29 is 17.9 Å². The third-order valence-electron chi connectivity index (χ3n) is 4.91. The highest BCUT2D eigenvalue weighted by Gasteiger charge is 2.34. The number of carbonyl (C=O) groups excluding carboxylic acids is 1. The van der Waals surface area contributed by atoms with Gasteiger partial charge in [-0.1, -0.05) is 23.7 Å². The third-order valence-corrected chi connectivity index (χ3v) is 6.90. The van der Waals surface area contributed by atoms with E-state index in [0.29, 0.717) is 39.2 Å². The summed E-state index contributed by atoms with van der Waals surface area (Å²) in [5, 5.41) is 4.08. The number of benzene rings is 2. The lowest BCUT2D eigenvalue weighted by Crippen LogP contribution is -2.47. The van der Waals surface area contributed by atoms with Crippen LogP contribution in [0.15, 0.2) is 64.7 Å². The lowest BCUT2D eigenvalue weighted by atomic mass is 9.94. The second-order valence-electron chi connectivity index (χ2n) is 6.80. The van der Waals surface area contributed by atoms with Crippen LogP contribution in [-0.2, 0) is 19.6 Å². The first-order valence-electron chi connectivity index (χ1n) is 9.43. The van der Waals surface area contributed by atoms with Crippen LogP contribution in [0.1, 0.15) is 25.5 Å². The fourth-order valence-corrected chi connectivity index (χ4v) is 4.96. The van der Waals surface area contributed by atoms with E-state index < -0.39 is 22.0 Å². The van der Waals surface area contributed by atoms with Gasteiger partial charge in [-0.05, 0) is 68.0 Å². The van der Waals surface area contributed by atoms with Gasteiger partial charge in [0.25, 0.3) is 10.0 Å². The van der Waals surface area contributed by atoms with Crippen LogP contribution in [0.3, 0.4) is 0 Å². The fourth-order valence-electron chi connectivity index (χ4n) is 3.40. The van der Waals surface area contributed by atoms with E-state index in [1.54, 1.807) is 24.3 Å². The zero-order chi connectivity index (χ0) is 22.8. The Kier molecular flexibility index (Phi) is 6.88. The van der Waals surface area contributed by atoms with E-state index in [0.717, 1.165) is 0 Å². The van der Waals surface area contributed by atoms with Gasteiger partial charge in [0.1, 0.15) is 0 Å². The fraction of sp³-hybridized carbons (Fsp3) is 0.238. The van der Waals surface area contributed by atoms with Crippen molar-refractivity contribution in [2.45, 2.75) is 24.8 Å². The molecule has 2 aromatic rings. The molecule has 0 fully saturated rings. The van der Waals surface area contributed by atoms with Gasteiger partial charge in [-0.2, -0.15) is 0 Å². The van der Waals surface area contributed by atoms with Crippen molar-refractivity contribution in [1.29, 1.82) is 0 Å². The molecule has 0 amide bonds. The summed E-state index contributed by atoms with van der Waals surface area (Å²) in [5.41, 5.74) is 2.11. The van der Waals surface area contributed by atoms with E-state index in [1.165, 1.54) is 31.4 Å². The maximum Gasteiger partial charge on any atom is 0.337 e. The van der Waals surface area contributed by atoms with Crippen LogP contribution in [0.2, 0.25) is 5.02 Å². The Morgan fingerprint density at radius 3 is 2.55 bits per heavy atom. The van der Waals surface area contributed by atoms with Crippen molar-refractivity contribution in [3.63, 3.8) is 0 Å². The molecule has 0 saturated heterocycles. The van der Waals surface area contributed by atoms with Crippen molar-refractivity contribution in [3.8, 4) is 0 Å². The molecule has 10 heteroatoms. The van der Waals surface area contributed by atoms with Crippen LogP contribution in [-0.4, -0.2) is 38.1 Å². The number of thiocarbonyl (C=S) groups is 1. The van der Waals surface area contributed by atoms with Gasteiger partial charge in [-0.25, -0.2) is 13.2 Å². The first kappa shape index (κ1) is 23.1. The number of allylic oxidation sites excluding steroid dienone is 1. The Morgan fingerprint density at radius 2 is 1.94 bits per heavy atom. The van der Waals surface area contributed by atoms with E-state index >= 15 is 0 Å². The predicted octanol–water partition coefficient (Wildman–Crippen LogP) is 3.84. The molecule has 1 heterocycles. The molecule has 0 radical (unpaired) electrons. The highest BCUT2D eigenvalue weighted by Crippen LogP contribution is 2.32. The minimum atomic E-state index is -3.81. The molecule has 2 aromatic carbocycles. The van der Waals surface area contributed by atoms with Gasteiger partial charge in [0.15, 0.2) is 5.11 Å². The second kappa shape index (κ2) is 9.25. The zero-order valence-electron chi connectivity index (χ0n) is 17.2. The monoisotopic (exact) mass is 479 g/mol. The summed E-state index contributed by atoms with van der Waals surface area (Å²) >= 11 is 11.3. The largest absolute Gasteiger partial charge is 0.466 e. The minimum Gasteiger partial charge on any atom is -0.466 e. The molecule has 3 rings (SSSR count). The third kappa shape index (κ3) is 4.84. The first-order chi connectivity index (χ1) is 14.7. The Bertz CT molecular complexity index is 1150. The molecule has 1 atom stereocenters. The molecule has 1 aliphatic heterocycles. The lowest BCUT2D eigenvalue weighted by Gasteiger charge is -2.37. The van der Waals surface area contributed by atoms with Gasteiger partial charge < -0.3 is 15.0 Å². The Balaban J connectivity index is 1.98. The lowest BCUT2D eigenvalue weighted by molar-refractivity contribution is -0.136. The Hall–Kier alpha value is -2.62. The van der Waals surface area contributed by atoms with Gasteiger partial charge in [-0.15, -0.1) is 0 Å². The van der Waals surface area contributed by atoms with Crippen LogP contribution in [0, 0.1) is 0 Å². The van der Waals surface area contributed by atoms with E-state index in [4.69, 9.17) is 28.6 Å². The van der Waals surface area contributed by atoms with Crippen molar-refractivity contribution >= 4 is 50.6 Å². The first-order valence-corrected chi connectivity index (χ1v) is 11.7. The summed E-state index contributed by atoms with van der Waals surface area (Å²) in [6.45, 7) is 4.33. The summed E-state index contributed by atoms with van der Waals surface area (Å²) in [6, 6.07) is 12.1. The number of hydrogen-bond donors (Lipinski definition) is 2. The van der Waals surface area contributed by atoms with Crippen molar-refractivity contribution in [1.82, 2.24) is 10.2 Å². The van der Waals surface area contributed by atoms with Crippen molar-refractivity contribution in [2.75, 3.05) is 18.4 Å². The Labute approximate surface area is 192 Å². The number of hydrogen-bond acceptors (Lipinski definition) is 5. The van der Waals surface area contributed by atoms with Crippen molar-refractivity contribution in [2.24, 2.45) is 0 Å². The molecular weight excluding hydrogens is 458 g/mol. The number of nitrogens with one attached hydrogen (secondary N) is 2. The van der Waals surface area contributed by atoms with Gasteiger partial charge in [0.05, 0.1) is 23.6 Å². The molecule has 0 spiro atoms. The SMILES string of the molecule is CCN1C(=S)NC(c2cccc(NS(=O)(=O)c3ccc(Cl)cc3)c2)C(C(=O)OC)=C1C. The molecule has 0 bridgehead atoms. The van der Waals surface area contributed by atoms with Gasteiger partial charge in [0.2, 0.25) is 0 Å². The number of nitrogens with zero attached hydrogens (tertiary/aromatic N) is 1. The molecule has 1 unspecified atom stereocenters. The maximum absolute atomic E-state index is 12.7. The predicted molar refractivity (Wildman–Crippen MR) is 124 cm³/mol. The van der Waals surface area contributed by atoms with Gasteiger partial charge in [-0.3, -0.25) is 4.72 Å². The number of ether oxygens (including phenoxy) is 1. The normalized spacial score (nSPS) is 16.7. The summed E-state index contributed by atoms with van der Waals surface area (Å²) in [6.07, 6.45) is 0. The molecule has 0 aliphatic carbocycles. The molecule has 31 heavy (non-hydrogen) atoms. The maximum atomic E-state index is 12.7. The quantitative estimate of drug-likeness (QED) is 0.480. The molecule has 164 valence electrons. The summed E-state index contributed by atoms with van der Waals surface area (Å²) < 4.78 is 33.0. The van der Waals surface area contributed by atoms with E-state index in [9.17, 15) is 13.2 Å². The number of anilines is 1. The number of methoxy groups -OCH3 is 1. The number of esters is 1. The van der Waals surface area contributed by atoms with Crippen LogP contribution >= 0.6 is 23.8 Å². The van der Waals surface area contributed by atoms with Crippen molar-refractivity contribution in [3.05, 3.63) is 70.4 Å². The molecular formula is C21H22ClN3O4S2. The summed E-state index contributed by atoms with van der Waals surface area (Å²) in [4.78, 5) is 14.4. The van der Waals surface area contributed by atoms with E-state index in [1.807, 2.05) is 18.7 Å². The highest BCUT2D eigenvalue weighted by atomic mass is 35.5. The second-order valence-corrected chi connectivity index (χ2v) is 9.31. The highest BCUT2D eigenvalue weighted by molar-refractivity contribution is 7.92. The van der Waals surface area contributed by atoms with Gasteiger partial charge in [0, 0.05) is 23.0 Å². The molecule has 0 saturated carbocycles. The molecule has 0 aromatic heterocycles. The summed E-state index contributed by atoms with van der Waals surface area (Å²) in [7, 11) is -2.49. The van der Waals surface area contributed by atoms with Gasteiger partial charge >= 0.3 is 5.97 Å². The number of rotatable bonds is 6. The van der Waals surface area contributed by atoms with E-state index in [-0.39, 0.29) is 4.90 Å². The standard InChI is InChI=1S/C21H22ClN3O4S2/c1-4-25-13(2)18(20(26)29-3)19(23-21(25)30)14-6-5-7-16(12-14)24-31(27,28)17-10-8-15(22)9-11-17/h5-12,19,24H,4H2,1-3H3,(H,23,30). The molecule has 7 nitrogen and oxygen atoms in total. The van der Waals surface area contributed by atoms with Crippen LogP contribution in [0.4, 0.5) is 5.69 Å². The number of halogens is 1. The van der Waals surface area contributed by atoms with E-state index in [2.05, 4.69) is 10.0 Å². The van der Waals surface area contributed by atoms with Crippen LogP contribution in [0.5, 0.6) is 0 Å². The molecule has 1 aliphatic rings. The average Bonchev–Trinajstić information content (AvgIpc) is 2.73.